The van der Waals surface area contributed by atoms with Gasteiger partial charge in [0.2, 0.25) is 5.91 Å². The number of hydrogen-bond acceptors (Lipinski definition) is 3. The number of nitrogens with one attached hydrogen (secondary N) is 2. The highest BCUT2D eigenvalue weighted by Gasteiger charge is 2.69. The molecule has 3 rings (SSSR count). The highest BCUT2D eigenvalue weighted by molar-refractivity contribution is 6.24. The zero-order chi connectivity index (χ0) is 22.1. The van der Waals surface area contributed by atoms with Crippen molar-refractivity contribution in [2.45, 2.75) is 70.6 Å². The van der Waals surface area contributed by atoms with Crippen molar-refractivity contribution in [2.24, 2.45) is 5.92 Å². The quantitative estimate of drug-likeness (QED) is 0.698. The van der Waals surface area contributed by atoms with E-state index in [0.717, 1.165) is 37.7 Å². The van der Waals surface area contributed by atoms with Crippen molar-refractivity contribution in [3.05, 3.63) is 29.3 Å². The third-order valence-electron chi connectivity index (χ3n) is 6.03. The van der Waals surface area contributed by atoms with Gasteiger partial charge in [-0.25, -0.2) is 9.69 Å². The molecule has 1 saturated carbocycles. The Labute approximate surface area is 173 Å². The topological polar surface area (TPSA) is 78.5 Å². The summed E-state index contributed by atoms with van der Waals surface area (Å²) in [5.74, 6) is -2.17. The average molecular weight is 425 g/mol. The first-order chi connectivity index (χ1) is 14.0. The van der Waals surface area contributed by atoms with E-state index in [1.54, 1.807) is 30.5 Å². The maximum absolute atomic E-state index is 14.0. The Morgan fingerprint density at radius 2 is 1.83 bits per heavy atom. The van der Waals surface area contributed by atoms with E-state index in [9.17, 15) is 27.6 Å². The number of imide groups is 1. The predicted octanol–water partition coefficient (Wildman–Crippen LogP) is 4.09. The predicted molar refractivity (Wildman–Crippen MR) is 105 cm³/mol. The molecule has 30 heavy (non-hydrogen) atoms. The second kappa shape index (κ2) is 8.28. The van der Waals surface area contributed by atoms with E-state index in [1.807, 2.05) is 0 Å². The number of alkyl halides is 3. The minimum Gasteiger partial charge on any atom is -0.318 e. The molecule has 1 heterocycles. The van der Waals surface area contributed by atoms with Gasteiger partial charge < -0.3 is 5.32 Å². The molecular formula is C21H26F3N3O3. The molecule has 2 N–H and O–H groups in total. The molecule has 1 aliphatic heterocycles. The highest BCUT2D eigenvalue weighted by atomic mass is 19.4. The van der Waals surface area contributed by atoms with Crippen LogP contribution >= 0.6 is 0 Å². The Morgan fingerprint density at radius 1 is 1.17 bits per heavy atom. The van der Waals surface area contributed by atoms with Gasteiger partial charge in [0.05, 0.1) is 5.69 Å². The van der Waals surface area contributed by atoms with Gasteiger partial charge in [0, 0.05) is 6.42 Å². The molecule has 1 atom stereocenters. The largest absolute Gasteiger partial charge is 0.440 e. The maximum Gasteiger partial charge on any atom is 0.440 e. The van der Waals surface area contributed by atoms with E-state index in [0.29, 0.717) is 22.8 Å². The second-order valence-corrected chi connectivity index (χ2v) is 8.18. The van der Waals surface area contributed by atoms with Gasteiger partial charge in [0.25, 0.3) is 11.6 Å². The van der Waals surface area contributed by atoms with Crippen LogP contribution in [0.1, 0.15) is 56.1 Å². The van der Waals surface area contributed by atoms with Crippen molar-refractivity contribution >= 4 is 23.5 Å². The molecule has 0 aromatic heterocycles. The van der Waals surface area contributed by atoms with Gasteiger partial charge in [-0.1, -0.05) is 38.2 Å². The van der Waals surface area contributed by atoms with Crippen LogP contribution in [0.15, 0.2) is 18.2 Å². The first-order valence-electron chi connectivity index (χ1n) is 10.2. The van der Waals surface area contributed by atoms with Crippen LogP contribution in [0.2, 0.25) is 0 Å². The van der Waals surface area contributed by atoms with Crippen molar-refractivity contribution in [1.82, 2.24) is 10.6 Å². The van der Waals surface area contributed by atoms with Crippen molar-refractivity contribution in [2.75, 3.05) is 4.90 Å². The summed E-state index contributed by atoms with van der Waals surface area (Å²) in [5, 5.41) is 3.48. The van der Waals surface area contributed by atoms with Gasteiger partial charge in [-0.3, -0.25) is 14.9 Å². The number of halogens is 3. The highest BCUT2D eigenvalue weighted by Crippen LogP contribution is 2.36. The Bertz CT molecular complexity index is 850. The van der Waals surface area contributed by atoms with Crippen molar-refractivity contribution in [1.29, 1.82) is 0 Å². The molecule has 0 radical (unpaired) electrons. The fraction of sp³-hybridized carbons (Fsp3) is 0.571. The van der Waals surface area contributed by atoms with Crippen LogP contribution in [0.3, 0.4) is 0 Å². The summed E-state index contributed by atoms with van der Waals surface area (Å²) in [7, 11) is 0. The fourth-order valence-electron chi connectivity index (χ4n) is 4.06. The van der Waals surface area contributed by atoms with Crippen LogP contribution in [0, 0.1) is 19.8 Å². The number of carbonyl (C=O) groups is 3. The first kappa shape index (κ1) is 22.1. The van der Waals surface area contributed by atoms with Crippen molar-refractivity contribution in [3.63, 3.8) is 0 Å². The molecule has 1 saturated heterocycles. The molecular weight excluding hydrogens is 399 g/mol. The number of amides is 4. The summed E-state index contributed by atoms with van der Waals surface area (Å²) >= 11 is 0. The summed E-state index contributed by atoms with van der Waals surface area (Å²) in [6.07, 6.45) is 0.278. The summed E-state index contributed by atoms with van der Waals surface area (Å²) < 4.78 is 41.9. The minimum atomic E-state index is -5.20. The summed E-state index contributed by atoms with van der Waals surface area (Å²) in [6, 6.07) is 3.25. The van der Waals surface area contributed by atoms with Crippen LogP contribution in [-0.2, 0) is 9.59 Å². The van der Waals surface area contributed by atoms with Gasteiger partial charge >= 0.3 is 12.2 Å². The lowest BCUT2D eigenvalue weighted by atomic mass is 9.86. The van der Waals surface area contributed by atoms with Gasteiger partial charge in [-0.05, 0) is 49.4 Å². The third-order valence-corrected chi connectivity index (χ3v) is 6.03. The van der Waals surface area contributed by atoms with Gasteiger partial charge in [-0.15, -0.1) is 0 Å². The number of aryl methyl sites for hydroxylation is 2. The minimum absolute atomic E-state index is 0.0168. The molecule has 9 heteroatoms. The molecule has 6 nitrogen and oxygen atoms in total. The standard InChI is InChI=1S/C21H26F3N3O3/c1-13-8-10-16(12-14(13)2)27-18(29)20(21(22,23)24,26-19(27)30)25-17(28)11-9-15-6-4-3-5-7-15/h8,10,12,15H,3-7,9,11H2,1-2H3,(H,25,28)(H,26,30). The van der Waals surface area contributed by atoms with Gasteiger partial charge in [0.1, 0.15) is 0 Å². The molecule has 1 aromatic rings. The molecule has 164 valence electrons. The summed E-state index contributed by atoms with van der Waals surface area (Å²) in [5.41, 5.74) is -1.87. The van der Waals surface area contributed by atoms with E-state index >= 15 is 0 Å². The normalized spacial score (nSPS) is 22.9. The van der Waals surface area contributed by atoms with Gasteiger partial charge in [-0.2, -0.15) is 13.2 Å². The van der Waals surface area contributed by atoms with Crippen LogP contribution < -0.4 is 15.5 Å². The van der Waals surface area contributed by atoms with Crippen LogP contribution in [0.25, 0.3) is 0 Å². The van der Waals surface area contributed by atoms with E-state index in [2.05, 4.69) is 0 Å². The number of nitrogens with zero attached hydrogens (tertiary/aromatic N) is 1. The van der Waals surface area contributed by atoms with Crippen LogP contribution in [0.4, 0.5) is 23.7 Å². The zero-order valence-electron chi connectivity index (χ0n) is 17.1. The van der Waals surface area contributed by atoms with E-state index in [4.69, 9.17) is 0 Å². The number of anilines is 1. The SMILES string of the molecule is Cc1ccc(N2C(=O)NC(NC(=O)CCC3CCCCC3)(C(F)(F)F)C2=O)cc1C. The molecule has 2 aliphatic rings. The molecule has 0 bridgehead atoms. The lowest BCUT2D eigenvalue weighted by Crippen LogP contribution is -2.69. The van der Waals surface area contributed by atoms with E-state index in [-0.39, 0.29) is 12.1 Å². The lowest BCUT2D eigenvalue weighted by molar-refractivity contribution is -0.201. The molecule has 1 aliphatic carbocycles. The monoisotopic (exact) mass is 425 g/mol. The number of benzene rings is 1. The molecule has 1 aromatic carbocycles. The molecule has 0 spiro atoms. The summed E-state index contributed by atoms with van der Waals surface area (Å²) in [6.45, 7) is 3.53. The van der Waals surface area contributed by atoms with Crippen molar-refractivity contribution < 1.29 is 27.6 Å². The Kier molecular flexibility index (Phi) is 6.10. The maximum atomic E-state index is 14.0. The van der Waals surface area contributed by atoms with Crippen LogP contribution in [0.5, 0.6) is 0 Å². The van der Waals surface area contributed by atoms with Gasteiger partial charge in [0.15, 0.2) is 0 Å². The number of rotatable bonds is 5. The number of urea groups is 1. The van der Waals surface area contributed by atoms with E-state index < -0.39 is 29.7 Å². The van der Waals surface area contributed by atoms with E-state index in [1.165, 1.54) is 12.1 Å². The average Bonchev–Trinajstić information content (AvgIpc) is 2.94. The van der Waals surface area contributed by atoms with Crippen LogP contribution in [-0.4, -0.2) is 29.7 Å². The second-order valence-electron chi connectivity index (χ2n) is 8.18. The first-order valence-corrected chi connectivity index (χ1v) is 10.2. The Morgan fingerprint density at radius 3 is 2.43 bits per heavy atom. The molecule has 1 unspecified atom stereocenters. The molecule has 4 amide bonds. The Hall–Kier alpha value is -2.58. The number of hydrogen-bond donors (Lipinski definition) is 2. The molecule has 2 fully saturated rings. The smallest absolute Gasteiger partial charge is 0.318 e. The lowest BCUT2D eigenvalue weighted by Gasteiger charge is -2.30. The fourth-order valence-corrected chi connectivity index (χ4v) is 4.06. The third kappa shape index (κ3) is 4.15. The number of carbonyl (C=O) groups excluding carboxylic acids is 3. The zero-order valence-corrected chi connectivity index (χ0v) is 17.1. The Balaban J connectivity index is 1.80. The van der Waals surface area contributed by atoms with Crippen molar-refractivity contribution in [3.8, 4) is 0 Å². The summed E-state index contributed by atoms with van der Waals surface area (Å²) in [4.78, 5) is 38.0.